The van der Waals surface area contributed by atoms with Crippen LogP contribution in [0.1, 0.15) is 58.3 Å². The first-order valence-corrected chi connectivity index (χ1v) is 7.83. The van der Waals surface area contributed by atoms with Gasteiger partial charge in [0, 0.05) is 6.42 Å². The fourth-order valence-electron chi connectivity index (χ4n) is 2.64. The number of ether oxygens (including phenoxy) is 1. The summed E-state index contributed by atoms with van der Waals surface area (Å²) in [5, 5.41) is 38.4. The average molecular weight is 304 g/mol. The largest absolute Gasteiger partial charge is 0.394 e. The van der Waals surface area contributed by atoms with Gasteiger partial charge in [-0.3, -0.25) is 4.79 Å². The molecule has 1 heterocycles. The molecule has 1 aliphatic rings. The highest BCUT2D eigenvalue weighted by atomic mass is 16.7. The number of hydrogen-bond acceptors (Lipinski definition) is 6. The first-order chi connectivity index (χ1) is 9.94. The Morgan fingerprint density at radius 1 is 1.14 bits per heavy atom. The molecule has 4 atom stereocenters. The monoisotopic (exact) mass is 304 g/mol. The van der Waals surface area contributed by atoms with E-state index in [1.807, 2.05) is 0 Å². The van der Waals surface area contributed by atoms with Crippen molar-refractivity contribution in [3.63, 3.8) is 0 Å². The Hall–Kier alpha value is -0.530. The number of carbonyl (C=O) groups excluding carboxylic acids is 1. The molecule has 124 valence electrons. The van der Waals surface area contributed by atoms with E-state index in [1.165, 1.54) is 19.3 Å². The van der Waals surface area contributed by atoms with Crippen molar-refractivity contribution in [2.75, 3.05) is 6.61 Å². The van der Waals surface area contributed by atoms with E-state index in [2.05, 4.69) is 6.92 Å². The van der Waals surface area contributed by atoms with Crippen molar-refractivity contribution in [3.05, 3.63) is 0 Å². The van der Waals surface area contributed by atoms with Crippen LogP contribution in [0.25, 0.3) is 0 Å². The maximum absolute atomic E-state index is 11.8. The molecule has 0 bridgehead atoms. The zero-order chi connectivity index (χ0) is 15.9. The maximum atomic E-state index is 11.8. The third-order valence-electron chi connectivity index (χ3n) is 3.96. The SMILES string of the molecule is CCCCCCCCC(=O)C[C@@]1(O)O[C@H](CO)[C@H](O)[C@H]1O. The van der Waals surface area contributed by atoms with Crippen molar-refractivity contribution in [2.45, 2.75) is 82.4 Å². The predicted molar refractivity (Wildman–Crippen MR) is 76.5 cm³/mol. The summed E-state index contributed by atoms with van der Waals surface area (Å²) in [4.78, 5) is 11.8. The van der Waals surface area contributed by atoms with E-state index < -0.39 is 30.7 Å². The summed E-state index contributed by atoms with van der Waals surface area (Å²) in [5.41, 5.74) is 0. The Bertz CT molecular complexity index is 321. The second-order valence-electron chi connectivity index (χ2n) is 5.85. The van der Waals surface area contributed by atoms with E-state index in [9.17, 15) is 20.1 Å². The molecule has 21 heavy (non-hydrogen) atoms. The van der Waals surface area contributed by atoms with Crippen LogP contribution < -0.4 is 0 Å². The van der Waals surface area contributed by atoms with Crippen LogP contribution in [-0.4, -0.2) is 56.9 Å². The summed E-state index contributed by atoms with van der Waals surface area (Å²) >= 11 is 0. The van der Waals surface area contributed by atoms with Crippen molar-refractivity contribution >= 4 is 5.78 Å². The van der Waals surface area contributed by atoms with Gasteiger partial charge in [-0.15, -0.1) is 0 Å². The molecule has 1 aliphatic heterocycles. The minimum absolute atomic E-state index is 0.210. The molecule has 0 spiro atoms. The minimum atomic E-state index is -2.09. The van der Waals surface area contributed by atoms with Gasteiger partial charge in [0.05, 0.1) is 13.0 Å². The fourth-order valence-corrected chi connectivity index (χ4v) is 2.64. The van der Waals surface area contributed by atoms with Crippen molar-refractivity contribution in [3.8, 4) is 0 Å². The van der Waals surface area contributed by atoms with Gasteiger partial charge < -0.3 is 25.2 Å². The normalized spacial score (nSPS) is 32.5. The molecule has 0 amide bonds. The molecule has 4 N–H and O–H groups in total. The van der Waals surface area contributed by atoms with Crippen molar-refractivity contribution in [2.24, 2.45) is 0 Å². The summed E-state index contributed by atoms with van der Waals surface area (Å²) in [6, 6.07) is 0. The molecule has 0 saturated carbocycles. The Kier molecular flexibility index (Phi) is 7.76. The Balaban J connectivity index is 2.30. The first-order valence-electron chi connectivity index (χ1n) is 7.83. The van der Waals surface area contributed by atoms with Crippen LogP contribution >= 0.6 is 0 Å². The highest BCUT2D eigenvalue weighted by molar-refractivity contribution is 5.79. The molecular formula is C15H28O6. The highest BCUT2D eigenvalue weighted by Gasteiger charge is 2.53. The van der Waals surface area contributed by atoms with E-state index in [-0.39, 0.29) is 12.2 Å². The summed E-state index contributed by atoms with van der Waals surface area (Å²) < 4.78 is 5.04. The lowest BCUT2D eigenvalue weighted by atomic mass is 9.98. The molecular weight excluding hydrogens is 276 g/mol. The quantitative estimate of drug-likeness (QED) is 0.438. The highest BCUT2D eigenvalue weighted by Crippen LogP contribution is 2.32. The van der Waals surface area contributed by atoms with E-state index >= 15 is 0 Å². The molecule has 1 fully saturated rings. The van der Waals surface area contributed by atoms with Gasteiger partial charge in [-0.2, -0.15) is 0 Å². The van der Waals surface area contributed by atoms with Crippen LogP contribution in [0.5, 0.6) is 0 Å². The van der Waals surface area contributed by atoms with Crippen LogP contribution in [0.4, 0.5) is 0 Å². The molecule has 0 radical (unpaired) electrons. The van der Waals surface area contributed by atoms with Gasteiger partial charge in [0.2, 0.25) is 5.79 Å². The third kappa shape index (κ3) is 5.30. The van der Waals surface area contributed by atoms with E-state index in [0.29, 0.717) is 6.42 Å². The number of aliphatic hydroxyl groups is 4. The Morgan fingerprint density at radius 3 is 2.33 bits per heavy atom. The second-order valence-corrected chi connectivity index (χ2v) is 5.85. The average Bonchev–Trinajstić information content (AvgIpc) is 2.66. The molecule has 0 aliphatic carbocycles. The molecule has 1 rings (SSSR count). The fraction of sp³-hybridized carbons (Fsp3) is 0.933. The first kappa shape index (κ1) is 18.5. The summed E-state index contributed by atoms with van der Waals surface area (Å²) in [5.74, 6) is -2.30. The molecule has 0 aromatic rings. The van der Waals surface area contributed by atoms with Crippen molar-refractivity contribution < 1.29 is 30.0 Å². The molecule has 6 nitrogen and oxygen atoms in total. The van der Waals surface area contributed by atoms with Crippen LogP contribution in [0.15, 0.2) is 0 Å². The van der Waals surface area contributed by atoms with Gasteiger partial charge in [-0.25, -0.2) is 0 Å². The molecule has 1 saturated heterocycles. The van der Waals surface area contributed by atoms with E-state index in [1.54, 1.807) is 0 Å². The molecule has 0 aromatic carbocycles. The van der Waals surface area contributed by atoms with Gasteiger partial charge in [-0.1, -0.05) is 39.0 Å². The lowest BCUT2D eigenvalue weighted by Gasteiger charge is -2.25. The van der Waals surface area contributed by atoms with E-state index in [4.69, 9.17) is 9.84 Å². The van der Waals surface area contributed by atoms with Crippen molar-refractivity contribution in [1.29, 1.82) is 0 Å². The number of aliphatic hydroxyl groups excluding tert-OH is 3. The van der Waals surface area contributed by atoms with Gasteiger partial charge in [0.1, 0.15) is 24.1 Å². The number of ketones is 1. The Morgan fingerprint density at radius 2 is 1.76 bits per heavy atom. The van der Waals surface area contributed by atoms with Crippen LogP contribution in [0.3, 0.4) is 0 Å². The molecule has 6 heteroatoms. The van der Waals surface area contributed by atoms with Crippen LogP contribution in [-0.2, 0) is 9.53 Å². The van der Waals surface area contributed by atoms with Crippen molar-refractivity contribution in [1.82, 2.24) is 0 Å². The Labute approximate surface area is 125 Å². The smallest absolute Gasteiger partial charge is 0.202 e. The zero-order valence-corrected chi connectivity index (χ0v) is 12.7. The van der Waals surface area contributed by atoms with Gasteiger partial charge >= 0.3 is 0 Å². The lowest BCUT2D eigenvalue weighted by molar-refractivity contribution is -0.231. The van der Waals surface area contributed by atoms with E-state index in [0.717, 1.165) is 19.3 Å². The lowest BCUT2D eigenvalue weighted by Crippen LogP contribution is -2.44. The second kappa shape index (κ2) is 8.80. The zero-order valence-electron chi connectivity index (χ0n) is 12.7. The number of Topliss-reactive ketones (excluding diaryl/α,β-unsaturated/α-hetero) is 1. The maximum Gasteiger partial charge on any atom is 0.202 e. The number of unbranched alkanes of at least 4 members (excludes halogenated alkanes) is 5. The van der Waals surface area contributed by atoms with Crippen LogP contribution in [0.2, 0.25) is 0 Å². The standard InChI is InChI=1S/C15H28O6/c1-2-3-4-5-6-7-8-11(17)9-15(20)14(19)13(18)12(10-16)21-15/h12-14,16,18-20H,2-10H2,1H3/t12-,13+,14-,15-/m1/s1. The summed E-state index contributed by atoms with van der Waals surface area (Å²) in [7, 11) is 0. The minimum Gasteiger partial charge on any atom is -0.394 e. The third-order valence-corrected chi connectivity index (χ3v) is 3.96. The summed E-state index contributed by atoms with van der Waals surface area (Å²) in [6.07, 6.45) is 2.29. The number of rotatable bonds is 10. The van der Waals surface area contributed by atoms with Crippen LogP contribution in [0, 0.1) is 0 Å². The number of carbonyl (C=O) groups is 1. The predicted octanol–water partition coefficient (Wildman–Crippen LogP) is 0.498. The topological polar surface area (TPSA) is 107 Å². The molecule has 0 aromatic heterocycles. The van der Waals surface area contributed by atoms with Gasteiger partial charge in [0.25, 0.3) is 0 Å². The molecule has 0 unspecified atom stereocenters. The van der Waals surface area contributed by atoms with Gasteiger partial charge in [-0.05, 0) is 6.42 Å². The summed E-state index contributed by atoms with van der Waals surface area (Å²) in [6.45, 7) is 1.62. The van der Waals surface area contributed by atoms with Gasteiger partial charge in [0.15, 0.2) is 0 Å². The number of hydrogen-bond donors (Lipinski definition) is 4.